The van der Waals surface area contributed by atoms with Gasteiger partial charge in [0.1, 0.15) is 5.54 Å². The Kier molecular flexibility index (Phi) is 7.80. The van der Waals surface area contributed by atoms with Crippen molar-refractivity contribution in [1.29, 1.82) is 0 Å². The van der Waals surface area contributed by atoms with E-state index in [1.807, 2.05) is 73.7 Å². The molecule has 3 aromatic carbocycles. The fraction of sp³-hybridized carbons (Fsp3) is 0.312. The molecule has 3 amide bonds. The van der Waals surface area contributed by atoms with Crippen LogP contribution in [-0.2, 0) is 32.1 Å². The second-order valence-electron chi connectivity index (χ2n) is 10.3. The topological polar surface area (TPSA) is 96.0 Å². The Balaban J connectivity index is 1.54. The molecule has 5 rings (SSSR count). The van der Waals surface area contributed by atoms with Crippen LogP contribution in [0.15, 0.2) is 91.0 Å². The van der Waals surface area contributed by atoms with E-state index in [0.717, 1.165) is 11.1 Å². The third kappa shape index (κ3) is 4.91. The maximum atomic E-state index is 14.1. The minimum atomic E-state index is -1.47. The molecule has 0 unspecified atom stereocenters. The van der Waals surface area contributed by atoms with Crippen molar-refractivity contribution in [2.45, 2.75) is 31.5 Å². The summed E-state index contributed by atoms with van der Waals surface area (Å²) in [7, 11) is 1.29. The van der Waals surface area contributed by atoms with Crippen LogP contribution < -0.4 is 5.32 Å². The summed E-state index contributed by atoms with van der Waals surface area (Å²) in [6.07, 6.45) is 0.162. The third-order valence-corrected chi connectivity index (χ3v) is 8.02. The number of methoxy groups -OCH3 is 1. The standard InChI is InChI=1S/C32H33N3O5/c1-3-34(28(36)24-17-11-6-12-18-24)21-25-26-27(30(38)35(29(26)37)20-23-15-9-5-10-16-23)32(33-25,31(39)40-2)19-22-13-7-4-8-14-22/h4-18,25-27,33H,3,19-21H2,1-2H3/t25-,26+,27-,32-/m1/s1. The Hall–Kier alpha value is -4.30. The van der Waals surface area contributed by atoms with Gasteiger partial charge in [0.05, 0.1) is 25.5 Å². The summed E-state index contributed by atoms with van der Waals surface area (Å²) in [6, 6.07) is 27.0. The van der Waals surface area contributed by atoms with Crippen molar-refractivity contribution in [3.63, 3.8) is 0 Å². The third-order valence-electron chi connectivity index (χ3n) is 8.02. The smallest absolute Gasteiger partial charge is 0.327 e. The first kappa shape index (κ1) is 27.3. The molecule has 3 aromatic rings. The van der Waals surface area contributed by atoms with Crippen molar-refractivity contribution >= 4 is 23.7 Å². The first-order valence-corrected chi connectivity index (χ1v) is 13.5. The van der Waals surface area contributed by atoms with Crippen LogP contribution >= 0.6 is 0 Å². The van der Waals surface area contributed by atoms with Gasteiger partial charge in [0, 0.05) is 31.1 Å². The number of rotatable bonds is 9. The van der Waals surface area contributed by atoms with Crippen LogP contribution in [0.4, 0.5) is 0 Å². The van der Waals surface area contributed by atoms with Crippen LogP contribution in [0, 0.1) is 11.8 Å². The molecule has 4 atom stereocenters. The van der Waals surface area contributed by atoms with Gasteiger partial charge in [-0.1, -0.05) is 78.9 Å². The van der Waals surface area contributed by atoms with Gasteiger partial charge in [-0.2, -0.15) is 0 Å². The summed E-state index contributed by atoms with van der Waals surface area (Å²) >= 11 is 0. The number of hydrogen-bond donors (Lipinski definition) is 1. The minimum Gasteiger partial charge on any atom is -0.468 e. The lowest BCUT2D eigenvalue weighted by atomic mass is 9.76. The van der Waals surface area contributed by atoms with Gasteiger partial charge in [-0.25, -0.2) is 0 Å². The number of esters is 1. The number of benzene rings is 3. The number of ether oxygens (including phenoxy) is 1. The highest BCUT2D eigenvalue weighted by Gasteiger charge is 2.68. The van der Waals surface area contributed by atoms with Crippen LogP contribution in [0.25, 0.3) is 0 Å². The number of nitrogens with one attached hydrogen (secondary N) is 1. The molecule has 2 aliphatic heterocycles. The van der Waals surface area contributed by atoms with Crippen molar-refractivity contribution in [2.75, 3.05) is 20.2 Å². The molecule has 0 saturated carbocycles. The normalized spacial score (nSPS) is 23.6. The van der Waals surface area contributed by atoms with Crippen molar-refractivity contribution < 1.29 is 23.9 Å². The van der Waals surface area contributed by atoms with Crippen molar-refractivity contribution in [3.8, 4) is 0 Å². The summed E-state index contributed by atoms with van der Waals surface area (Å²) in [5.74, 6) is -3.36. The molecule has 40 heavy (non-hydrogen) atoms. The van der Waals surface area contributed by atoms with E-state index in [1.54, 1.807) is 29.2 Å². The number of nitrogens with zero attached hydrogens (tertiary/aromatic N) is 2. The number of likely N-dealkylation sites (tertiary alicyclic amines) is 1. The number of fused-ring (bicyclic) bond motifs is 1. The average Bonchev–Trinajstić information content (AvgIpc) is 3.45. The largest absolute Gasteiger partial charge is 0.468 e. The van der Waals surface area contributed by atoms with E-state index in [9.17, 15) is 19.2 Å². The van der Waals surface area contributed by atoms with Crippen molar-refractivity contribution in [3.05, 3.63) is 108 Å². The maximum Gasteiger partial charge on any atom is 0.327 e. The van der Waals surface area contributed by atoms with Gasteiger partial charge in [0.25, 0.3) is 5.91 Å². The molecule has 8 heteroatoms. The SMILES string of the molecule is CCN(C[C@H]1N[C@@](Cc2ccccc2)(C(=O)OC)[C@H]2C(=O)N(Cc3ccccc3)C(=O)[C@@H]12)C(=O)c1ccccc1. The molecule has 0 spiro atoms. The summed E-state index contributed by atoms with van der Waals surface area (Å²) in [5.41, 5.74) is 0.699. The van der Waals surface area contributed by atoms with E-state index in [4.69, 9.17) is 4.74 Å². The van der Waals surface area contributed by atoms with Gasteiger partial charge in [0.2, 0.25) is 11.8 Å². The molecule has 2 saturated heterocycles. The van der Waals surface area contributed by atoms with Gasteiger partial charge in [-0.3, -0.25) is 29.4 Å². The Bertz CT molecular complexity index is 1380. The minimum absolute atomic E-state index is 0.112. The molecule has 2 fully saturated rings. The summed E-state index contributed by atoms with van der Waals surface area (Å²) in [4.78, 5) is 58.0. The predicted molar refractivity (Wildman–Crippen MR) is 149 cm³/mol. The average molecular weight is 540 g/mol. The number of carbonyl (C=O) groups is 4. The molecule has 0 aromatic heterocycles. The zero-order valence-electron chi connectivity index (χ0n) is 22.7. The van der Waals surface area contributed by atoms with E-state index in [0.29, 0.717) is 12.1 Å². The predicted octanol–water partition coefficient (Wildman–Crippen LogP) is 3.08. The Labute approximate surface area is 233 Å². The monoisotopic (exact) mass is 539 g/mol. The highest BCUT2D eigenvalue weighted by molar-refractivity contribution is 6.09. The highest BCUT2D eigenvalue weighted by atomic mass is 16.5. The number of hydrogen-bond acceptors (Lipinski definition) is 6. The second-order valence-corrected chi connectivity index (χ2v) is 10.3. The van der Waals surface area contributed by atoms with Crippen molar-refractivity contribution in [2.24, 2.45) is 11.8 Å². The van der Waals surface area contributed by atoms with E-state index < -0.39 is 35.3 Å². The van der Waals surface area contributed by atoms with E-state index in [1.165, 1.54) is 12.0 Å². The van der Waals surface area contributed by atoms with Crippen LogP contribution in [0.1, 0.15) is 28.4 Å². The molecule has 8 nitrogen and oxygen atoms in total. The van der Waals surface area contributed by atoms with Gasteiger partial charge in [0.15, 0.2) is 0 Å². The Morgan fingerprint density at radius 3 is 2.02 bits per heavy atom. The van der Waals surface area contributed by atoms with Crippen LogP contribution in [0.5, 0.6) is 0 Å². The number of carbonyl (C=O) groups excluding carboxylic acids is 4. The zero-order chi connectivity index (χ0) is 28.3. The van der Waals surface area contributed by atoms with Crippen molar-refractivity contribution in [1.82, 2.24) is 15.1 Å². The van der Waals surface area contributed by atoms with Crippen LogP contribution in [0.2, 0.25) is 0 Å². The fourth-order valence-corrected chi connectivity index (χ4v) is 6.14. The molecule has 0 bridgehead atoms. The Morgan fingerprint density at radius 2 is 1.45 bits per heavy atom. The summed E-state index contributed by atoms with van der Waals surface area (Å²) < 4.78 is 5.29. The lowest BCUT2D eigenvalue weighted by Gasteiger charge is -2.33. The van der Waals surface area contributed by atoms with Gasteiger partial charge >= 0.3 is 5.97 Å². The number of likely N-dealkylation sites (N-methyl/N-ethyl adjacent to an activating group) is 1. The fourth-order valence-electron chi connectivity index (χ4n) is 6.14. The molecular formula is C32H33N3O5. The van der Waals surface area contributed by atoms with Gasteiger partial charge < -0.3 is 9.64 Å². The second kappa shape index (κ2) is 11.4. The number of amides is 3. The lowest BCUT2D eigenvalue weighted by Crippen LogP contribution is -2.59. The summed E-state index contributed by atoms with van der Waals surface area (Å²) in [6.45, 7) is 2.52. The molecule has 206 valence electrons. The molecular weight excluding hydrogens is 506 g/mol. The van der Waals surface area contributed by atoms with Gasteiger partial charge in [-0.05, 0) is 30.2 Å². The van der Waals surface area contributed by atoms with E-state index >= 15 is 0 Å². The quantitative estimate of drug-likeness (QED) is 0.332. The molecule has 2 aliphatic rings. The zero-order valence-corrected chi connectivity index (χ0v) is 22.7. The van der Waals surface area contributed by atoms with E-state index in [2.05, 4.69) is 5.32 Å². The first-order valence-electron chi connectivity index (χ1n) is 13.5. The van der Waals surface area contributed by atoms with E-state index in [-0.39, 0.29) is 31.3 Å². The Morgan fingerprint density at radius 1 is 0.875 bits per heavy atom. The van der Waals surface area contributed by atoms with Crippen LogP contribution in [0.3, 0.4) is 0 Å². The highest BCUT2D eigenvalue weighted by Crippen LogP contribution is 2.45. The van der Waals surface area contributed by atoms with Gasteiger partial charge in [-0.15, -0.1) is 0 Å². The molecule has 2 heterocycles. The maximum absolute atomic E-state index is 14.1. The van der Waals surface area contributed by atoms with Crippen LogP contribution in [-0.4, -0.2) is 65.3 Å². The summed E-state index contributed by atoms with van der Waals surface area (Å²) in [5, 5.41) is 3.39. The lowest BCUT2D eigenvalue weighted by molar-refractivity contribution is -0.154. The molecule has 0 radical (unpaired) electrons. The molecule has 1 N–H and O–H groups in total. The molecule has 0 aliphatic carbocycles. The first-order chi connectivity index (χ1) is 19.4. The number of imide groups is 1.